The second-order valence-corrected chi connectivity index (χ2v) is 9.52. The lowest BCUT2D eigenvalue weighted by Gasteiger charge is -2.30. The molecule has 170 valence electrons. The Morgan fingerprint density at radius 3 is 2.52 bits per heavy atom. The van der Waals surface area contributed by atoms with Crippen molar-refractivity contribution in [2.45, 2.75) is 64.7 Å². The van der Waals surface area contributed by atoms with Gasteiger partial charge in [-0.05, 0) is 61.4 Å². The third-order valence-electron chi connectivity index (χ3n) is 6.93. The Bertz CT molecular complexity index is 1200. The topological polar surface area (TPSA) is 72.0 Å². The number of aryl methyl sites for hydroxylation is 2. The van der Waals surface area contributed by atoms with E-state index in [9.17, 15) is 9.59 Å². The summed E-state index contributed by atoms with van der Waals surface area (Å²) in [4.78, 5) is 34.6. The van der Waals surface area contributed by atoms with Gasteiger partial charge in [-0.25, -0.2) is 4.98 Å². The lowest BCUT2D eigenvalue weighted by Crippen LogP contribution is -2.36. The van der Waals surface area contributed by atoms with E-state index in [1.807, 2.05) is 50.2 Å². The fourth-order valence-corrected chi connectivity index (χ4v) is 4.62. The number of ketones is 1. The Balaban J connectivity index is 1.47. The Kier molecular flexibility index (Phi) is 6.15. The summed E-state index contributed by atoms with van der Waals surface area (Å²) < 4.78 is 0. The highest BCUT2D eigenvalue weighted by Gasteiger charge is 2.47. The summed E-state index contributed by atoms with van der Waals surface area (Å²) in [5.74, 6) is 1.00. The van der Waals surface area contributed by atoms with E-state index in [1.54, 1.807) is 6.20 Å². The van der Waals surface area contributed by atoms with Crippen LogP contribution in [0.25, 0.3) is 0 Å². The van der Waals surface area contributed by atoms with Gasteiger partial charge < -0.3 is 5.32 Å². The molecular weight excluding hydrogens is 410 g/mol. The van der Waals surface area contributed by atoms with Crippen LogP contribution in [-0.2, 0) is 16.6 Å². The lowest BCUT2D eigenvalue weighted by molar-refractivity contribution is -0.120. The molecule has 33 heavy (non-hydrogen) atoms. The number of fused-ring (bicyclic) bond motifs is 1. The summed E-state index contributed by atoms with van der Waals surface area (Å²) in [6.07, 6.45) is 2.84. The van der Waals surface area contributed by atoms with Gasteiger partial charge in [0.15, 0.2) is 5.78 Å². The number of hydrogen-bond donors (Lipinski definition) is 1. The van der Waals surface area contributed by atoms with Crippen LogP contribution in [0.4, 0.5) is 5.82 Å². The van der Waals surface area contributed by atoms with Crippen molar-refractivity contribution < 1.29 is 9.59 Å². The van der Waals surface area contributed by atoms with Crippen LogP contribution in [0, 0.1) is 6.92 Å². The van der Waals surface area contributed by atoms with Gasteiger partial charge in [0.1, 0.15) is 5.82 Å². The number of nitrogens with one attached hydrogen (secondary N) is 1. The van der Waals surface area contributed by atoms with E-state index < -0.39 is 5.41 Å². The molecule has 0 radical (unpaired) electrons. The minimum Gasteiger partial charge on any atom is -0.310 e. The van der Waals surface area contributed by atoms with Crippen LogP contribution in [0.3, 0.4) is 0 Å². The van der Waals surface area contributed by atoms with Crippen molar-refractivity contribution >= 4 is 17.5 Å². The molecule has 0 saturated heterocycles. The van der Waals surface area contributed by atoms with Crippen molar-refractivity contribution in [1.29, 1.82) is 0 Å². The fraction of sp³-hybridized carbons (Fsp3) is 0.357. The van der Waals surface area contributed by atoms with E-state index in [4.69, 9.17) is 0 Å². The lowest BCUT2D eigenvalue weighted by atomic mass is 9.71. The van der Waals surface area contributed by atoms with Crippen LogP contribution >= 0.6 is 0 Å². The zero-order valence-electron chi connectivity index (χ0n) is 20.0. The number of carbonyl (C=O) groups excluding carboxylic acids is 2. The van der Waals surface area contributed by atoms with Crippen molar-refractivity contribution in [3.8, 4) is 0 Å². The summed E-state index contributed by atoms with van der Waals surface area (Å²) in [6, 6.07) is 15.7. The zero-order valence-corrected chi connectivity index (χ0v) is 20.0. The van der Waals surface area contributed by atoms with Crippen LogP contribution in [-0.4, -0.2) is 21.7 Å². The van der Waals surface area contributed by atoms with Gasteiger partial charge in [0, 0.05) is 35.1 Å². The second-order valence-electron chi connectivity index (χ2n) is 9.52. The van der Waals surface area contributed by atoms with Crippen LogP contribution < -0.4 is 5.32 Å². The molecular formula is C28H31N3O2. The van der Waals surface area contributed by atoms with Crippen molar-refractivity contribution in [1.82, 2.24) is 9.97 Å². The molecule has 0 spiro atoms. The molecule has 3 heterocycles. The van der Waals surface area contributed by atoms with E-state index in [0.717, 1.165) is 28.1 Å². The molecule has 1 aromatic carbocycles. The molecule has 1 aliphatic heterocycles. The van der Waals surface area contributed by atoms with Crippen LogP contribution in [0.5, 0.6) is 0 Å². The fourth-order valence-electron chi connectivity index (χ4n) is 4.62. The summed E-state index contributed by atoms with van der Waals surface area (Å²) in [5, 5.41) is 2.91. The monoisotopic (exact) mass is 441 g/mol. The summed E-state index contributed by atoms with van der Waals surface area (Å²) in [7, 11) is 0. The van der Waals surface area contributed by atoms with Gasteiger partial charge in [-0.3, -0.25) is 14.6 Å². The molecule has 0 bridgehead atoms. The van der Waals surface area contributed by atoms with Crippen molar-refractivity contribution in [3.63, 3.8) is 0 Å². The third-order valence-corrected chi connectivity index (χ3v) is 6.93. The number of anilines is 1. The molecule has 5 nitrogen and oxygen atoms in total. The minimum absolute atomic E-state index is 0.0442. The number of aromatic nitrogens is 2. The molecule has 1 N–H and O–H groups in total. The van der Waals surface area contributed by atoms with Gasteiger partial charge >= 0.3 is 0 Å². The first-order valence-corrected chi connectivity index (χ1v) is 11.6. The highest BCUT2D eigenvalue weighted by molar-refractivity contribution is 6.05. The van der Waals surface area contributed by atoms with Crippen molar-refractivity contribution in [2.75, 3.05) is 5.32 Å². The van der Waals surface area contributed by atoms with E-state index in [-0.39, 0.29) is 17.6 Å². The molecule has 0 aliphatic carbocycles. The predicted octanol–water partition coefficient (Wildman–Crippen LogP) is 5.74. The van der Waals surface area contributed by atoms with E-state index >= 15 is 0 Å². The number of nitrogens with zero attached hydrogens (tertiary/aromatic N) is 2. The number of rotatable bonds is 7. The highest BCUT2D eigenvalue weighted by atomic mass is 16.2. The maximum Gasteiger partial charge on any atom is 0.236 e. The summed E-state index contributed by atoms with van der Waals surface area (Å²) in [5.41, 5.74) is 5.13. The third kappa shape index (κ3) is 4.32. The predicted molar refractivity (Wildman–Crippen MR) is 131 cm³/mol. The Morgan fingerprint density at radius 1 is 1.09 bits per heavy atom. The number of carbonyl (C=O) groups is 2. The molecule has 1 amide bonds. The molecule has 2 atom stereocenters. The molecule has 0 saturated carbocycles. The quantitative estimate of drug-likeness (QED) is 0.475. The van der Waals surface area contributed by atoms with Gasteiger partial charge in [-0.15, -0.1) is 0 Å². The minimum atomic E-state index is -0.706. The van der Waals surface area contributed by atoms with Crippen LogP contribution in [0.15, 0.2) is 54.7 Å². The van der Waals surface area contributed by atoms with Crippen LogP contribution in [0.1, 0.15) is 84.4 Å². The average Bonchev–Trinajstić information content (AvgIpc) is 3.07. The number of pyridine rings is 2. The second kappa shape index (κ2) is 8.89. The molecule has 2 aromatic heterocycles. The molecule has 5 heteroatoms. The first-order chi connectivity index (χ1) is 15.7. The maximum absolute atomic E-state index is 12.8. The molecule has 0 unspecified atom stereocenters. The highest BCUT2D eigenvalue weighted by Crippen LogP contribution is 2.45. The van der Waals surface area contributed by atoms with E-state index in [2.05, 4.69) is 48.2 Å². The molecule has 4 rings (SSSR count). The van der Waals surface area contributed by atoms with Gasteiger partial charge in [0.2, 0.25) is 5.91 Å². The SMILES string of the molecule is Cc1cc(CCC(=O)c2ccc([C@@H](C)[C@@]3(C)C(=O)Nc4ncccc43)cc2)cc(C(C)C)n1. The Morgan fingerprint density at radius 2 is 1.82 bits per heavy atom. The van der Waals surface area contributed by atoms with Gasteiger partial charge in [-0.2, -0.15) is 0 Å². The smallest absolute Gasteiger partial charge is 0.236 e. The number of amides is 1. The Labute approximate surface area is 195 Å². The zero-order chi connectivity index (χ0) is 23.8. The first kappa shape index (κ1) is 22.8. The largest absolute Gasteiger partial charge is 0.310 e. The molecule has 1 aliphatic rings. The molecule has 0 fully saturated rings. The van der Waals surface area contributed by atoms with Gasteiger partial charge in [0.05, 0.1) is 5.41 Å². The van der Waals surface area contributed by atoms with Crippen molar-refractivity contribution in [2.24, 2.45) is 0 Å². The standard InChI is InChI=1S/C28H31N3O2/c1-17(2)24-16-20(15-18(3)30-24)8-13-25(32)22-11-9-21(10-12-22)19(4)28(5)23-7-6-14-29-26(23)31-27(28)33/h6-7,9-12,14-17,19H,8,13H2,1-5H3,(H,29,31,33)/t19-,28-/m1/s1. The van der Waals surface area contributed by atoms with Gasteiger partial charge in [-0.1, -0.05) is 51.1 Å². The number of Topliss-reactive ketones (excluding diaryl/α,β-unsaturated/α-hetero) is 1. The number of hydrogen-bond acceptors (Lipinski definition) is 4. The maximum atomic E-state index is 12.8. The normalized spacial score (nSPS) is 18.2. The number of benzene rings is 1. The first-order valence-electron chi connectivity index (χ1n) is 11.6. The average molecular weight is 442 g/mol. The van der Waals surface area contributed by atoms with Crippen molar-refractivity contribution in [3.05, 3.63) is 88.4 Å². The van der Waals surface area contributed by atoms with Crippen LogP contribution in [0.2, 0.25) is 0 Å². The molecule has 3 aromatic rings. The summed E-state index contributed by atoms with van der Waals surface area (Å²) in [6.45, 7) is 10.3. The van der Waals surface area contributed by atoms with E-state index in [1.165, 1.54) is 0 Å². The van der Waals surface area contributed by atoms with Gasteiger partial charge in [0.25, 0.3) is 0 Å². The Hall–Kier alpha value is -3.34. The van der Waals surface area contributed by atoms with E-state index in [0.29, 0.717) is 30.1 Å². The summed E-state index contributed by atoms with van der Waals surface area (Å²) >= 11 is 0.